The topological polar surface area (TPSA) is 82.1 Å². The summed E-state index contributed by atoms with van der Waals surface area (Å²) >= 11 is 0. The molecule has 0 fully saturated rings. The molecular formula is C13H19NO6. The van der Waals surface area contributed by atoms with E-state index in [4.69, 9.17) is 4.74 Å². The van der Waals surface area contributed by atoms with Crippen molar-refractivity contribution in [1.82, 2.24) is 4.90 Å². The standard InChI is InChI=1S/C13H19NO6/c1-13(2,3)20-12(17)14-8(10(15)18-4)6-7-9(14)11(16)19-5/h6-9H,1-5H3/t8-,9-/m0/s1. The maximum Gasteiger partial charge on any atom is 0.412 e. The molecule has 0 aromatic rings. The molecule has 1 rings (SSSR count). The highest BCUT2D eigenvalue weighted by atomic mass is 16.6. The van der Waals surface area contributed by atoms with Crippen molar-refractivity contribution in [3.8, 4) is 0 Å². The van der Waals surface area contributed by atoms with Gasteiger partial charge in [0.15, 0.2) is 12.1 Å². The van der Waals surface area contributed by atoms with E-state index in [1.165, 1.54) is 26.4 Å². The smallest absolute Gasteiger partial charge is 0.412 e. The monoisotopic (exact) mass is 285 g/mol. The molecule has 7 nitrogen and oxygen atoms in total. The SMILES string of the molecule is COC(=O)[C@@H]1C=C[C@@H](C(=O)OC)N1C(=O)OC(C)(C)C. The molecule has 0 N–H and O–H groups in total. The normalized spacial score (nSPS) is 21.6. The molecule has 0 radical (unpaired) electrons. The molecule has 1 amide bonds. The van der Waals surface area contributed by atoms with Crippen LogP contribution in [0.15, 0.2) is 12.2 Å². The van der Waals surface area contributed by atoms with E-state index < -0.39 is 35.7 Å². The van der Waals surface area contributed by atoms with E-state index in [9.17, 15) is 14.4 Å². The van der Waals surface area contributed by atoms with Gasteiger partial charge in [0.05, 0.1) is 14.2 Å². The molecule has 0 aromatic carbocycles. The number of rotatable bonds is 2. The summed E-state index contributed by atoms with van der Waals surface area (Å²) < 4.78 is 14.4. The Morgan fingerprint density at radius 2 is 1.35 bits per heavy atom. The number of methoxy groups -OCH3 is 2. The third kappa shape index (κ3) is 3.49. The van der Waals surface area contributed by atoms with E-state index in [1.807, 2.05) is 0 Å². The van der Waals surface area contributed by atoms with Crippen molar-refractivity contribution in [2.24, 2.45) is 0 Å². The second-order valence-electron chi connectivity index (χ2n) is 5.21. The number of nitrogens with zero attached hydrogens (tertiary/aromatic N) is 1. The third-order valence-corrected chi connectivity index (χ3v) is 2.56. The van der Waals surface area contributed by atoms with Crippen LogP contribution >= 0.6 is 0 Å². The summed E-state index contributed by atoms with van der Waals surface area (Å²) in [5.74, 6) is -1.31. The summed E-state index contributed by atoms with van der Waals surface area (Å²) in [5.41, 5.74) is -0.749. The fourth-order valence-electron chi connectivity index (χ4n) is 1.74. The van der Waals surface area contributed by atoms with Crippen LogP contribution in [0.4, 0.5) is 4.79 Å². The van der Waals surface area contributed by atoms with Crippen molar-refractivity contribution in [2.45, 2.75) is 38.5 Å². The summed E-state index contributed by atoms with van der Waals surface area (Å²) in [6.07, 6.45) is 2.04. The minimum absolute atomic E-state index is 0.654. The second kappa shape index (κ2) is 5.94. The summed E-state index contributed by atoms with van der Waals surface area (Å²) in [6.45, 7) is 5.07. The number of amides is 1. The minimum Gasteiger partial charge on any atom is -0.467 e. The Labute approximate surface area is 117 Å². The fraction of sp³-hybridized carbons (Fsp3) is 0.615. The van der Waals surface area contributed by atoms with Crippen LogP contribution in [0.5, 0.6) is 0 Å². The van der Waals surface area contributed by atoms with Crippen molar-refractivity contribution in [2.75, 3.05) is 14.2 Å². The van der Waals surface area contributed by atoms with E-state index in [0.29, 0.717) is 0 Å². The van der Waals surface area contributed by atoms with Gasteiger partial charge in [0.25, 0.3) is 0 Å². The lowest BCUT2D eigenvalue weighted by molar-refractivity contribution is -0.149. The summed E-state index contributed by atoms with van der Waals surface area (Å²) in [4.78, 5) is 36.5. The van der Waals surface area contributed by atoms with Crippen molar-refractivity contribution >= 4 is 18.0 Å². The lowest BCUT2D eigenvalue weighted by Gasteiger charge is -2.30. The van der Waals surface area contributed by atoms with Gasteiger partial charge in [-0.05, 0) is 20.8 Å². The Balaban J connectivity index is 3.01. The highest BCUT2D eigenvalue weighted by Crippen LogP contribution is 2.22. The van der Waals surface area contributed by atoms with Crippen LogP contribution in [0, 0.1) is 0 Å². The Morgan fingerprint density at radius 3 is 1.65 bits per heavy atom. The number of ether oxygens (including phenoxy) is 3. The minimum atomic E-state index is -1.00. The zero-order valence-corrected chi connectivity index (χ0v) is 12.2. The quantitative estimate of drug-likeness (QED) is 0.425. The average molecular weight is 285 g/mol. The Hall–Kier alpha value is -2.05. The van der Waals surface area contributed by atoms with Crippen LogP contribution in [-0.2, 0) is 23.8 Å². The maximum absolute atomic E-state index is 12.2. The van der Waals surface area contributed by atoms with Crippen LogP contribution in [0.25, 0.3) is 0 Å². The van der Waals surface area contributed by atoms with Gasteiger partial charge in [-0.2, -0.15) is 0 Å². The van der Waals surface area contributed by atoms with Crippen LogP contribution in [-0.4, -0.2) is 54.8 Å². The van der Waals surface area contributed by atoms with Gasteiger partial charge < -0.3 is 14.2 Å². The first-order valence-electron chi connectivity index (χ1n) is 6.06. The molecule has 0 aliphatic carbocycles. The second-order valence-corrected chi connectivity index (χ2v) is 5.21. The van der Waals surface area contributed by atoms with E-state index in [0.717, 1.165) is 4.90 Å². The molecule has 1 heterocycles. The summed E-state index contributed by atoms with van der Waals surface area (Å²) in [5, 5.41) is 0. The number of esters is 2. The predicted octanol–water partition coefficient (Wildman–Crippen LogP) is 0.876. The fourth-order valence-corrected chi connectivity index (χ4v) is 1.74. The highest BCUT2D eigenvalue weighted by Gasteiger charge is 2.43. The van der Waals surface area contributed by atoms with Crippen molar-refractivity contribution in [1.29, 1.82) is 0 Å². The molecule has 7 heteroatoms. The number of carbonyl (C=O) groups excluding carboxylic acids is 3. The van der Waals surface area contributed by atoms with Crippen molar-refractivity contribution in [3.05, 3.63) is 12.2 Å². The molecule has 1 aliphatic heterocycles. The lowest BCUT2D eigenvalue weighted by Crippen LogP contribution is -2.50. The Bertz CT molecular complexity index is 411. The van der Waals surface area contributed by atoms with E-state index in [1.54, 1.807) is 20.8 Å². The Morgan fingerprint density at radius 1 is 0.950 bits per heavy atom. The van der Waals surface area contributed by atoms with Gasteiger partial charge in [-0.1, -0.05) is 12.2 Å². The molecule has 0 spiro atoms. The molecule has 2 atom stereocenters. The van der Waals surface area contributed by atoms with Crippen molar-refractivity contribution < 1.29 is 28.6 Å². The average Bonchev–Trinajstić information content (AvgIpc) is 2.79. The first-order valence-corrected chi connectivity index (χ1v) is 6.06. The van der Waals surface area contributed by atoms with Crippen LogP contribution in [0.1, 0.15) is 20.8 Å². The highest BCUT2D eigenvalue weighted by molar-refractivity contribution is 5.91. The number of hydrogen-bond donors (Lipinski definition) is 0. The number of hydrogen-bond acceptors (Lipinski definition) is 6. The molecule has 0 saturated carbocycles. The van der Waals surface area contributed by atoms with Gasteiger partial charge in [0, 0.05) is 0 Å². The third-order valence-electron chi connectivity index (χ3n) is 2.56. The van der Waals surface area contributed by atoms with Gasteiger partial charge in [0.2, 0.25) is 0 Å². The molecular weight excluding hydrogens is 266 g/mol. The van der Waals surface area contributed by atoms with Gasteiger partial charge in [-0.15, -0.1) is 0 Å². The predicted molar refractivity (Wildman–Crippen MR) is 68.8 cm³/mol. The Kier molecular flexibility index (Phi) is 4.75. The van der Waals surface area contributed by atoms with Crippen molar-refractivity contribution in [3.63, 3.8) is 0 Å². The van der Waals surface area contributed by atoms with Gasteiger partial charge in [-0.25, -0.2) is 14.4 Å². The lowest BCUT2D eigenvalue weighted by atomic mass is 10.2. The van der Waals surface area contributed by atoms with Gasteiger partial charge in [-0.3, -0.25) is 4.90 Å². The molecule has 0 aromatic heterocycles. The zero-order chi connectivity index (χ0) is 15.5. The molecule has 0 saturated heterocycles. The van der Waals surface area contributed by atoms with Gasteiger partial charge >= 0.3 is 18.0 Å². The van der Waals surface area contributed by atoms with Crippen LogP contribution < -0.4 is 0 Å². The van der Waals surface area contributed by atoms with E-state index >= 15 is 0 Å². The van der Waals surface area contributed by atoms with E-state index in [2.05, 4.69) is 9.47 Å². The molecule has 0 bridgehead atoms. The molecule has 20 heavy (non-hydrogen) atoms. The summed E-state index contributed by atoms with van der Waals surface area (Å²) in [6, 6.07) is -2.00. The molecule has 0 unspecified atom stereocenters. The molecule has 1 aliphatic rings. The number of carbonyl (C=O) groups is 3. The maximum atomic E-state index is 12.2. The van der Waals surface area contributed by atoms with E-state index in [-0.39, 0.29) is 0 Å². The van der Waals surface area contributed by atoms with Crippen LogP contribution in [0.2, 0.25) is 0 Å². The first-order chi connectivity index (χ1) is 9.21. The summed E-state index contributed by atoms with van der Waals surface area (Å²) in [7, 11) is 2.41. The molecule has 112 valence electrons. The van der Waals surface area contributed by atoms with Crippen LogP contribution in [0.3, 0.4) is 0 Å². The zero-order valence-electron chi connectivity index (χ0n) is 12.2. The first kappa shape index (κ1) is 16.0. The largest absolute Gasteiger partial charge is 0.467 e. The van der Waals surface area contributed by atoms with Gasteiger partial charge in [0.1, 0.15) is 5.60 Å².